The molecule has 0 bridgehead atoms. The maximum Gasteiger partial charge on any atom is 0.214 e. The van der Waals surface area contributed by atoms with Gasteiger partial charge in [-0.05, 0) is 52.1 Å². The molecule has 20 heavy (non-hydrogen) atoms. The number of unbranched alkanes of at least 4 members (excludes halogenated alkanes) is 2. The first-order valence-corrected chi connectivity index (χ1v) is 9.80. The summed E-state index contributed by atoms with van der Waals surface area (Å²) in [5.74, 6) is 0.287. The van der Waals surface area contributed by atoms with Gasteiger partial charge in [-0.2, -0.15) is 4.31 Å². The zero-order valence-corrected chi connectivity index (χ0v) is 14.6. The first kappa shape index (κ1) is 19.9. The van der Waals surface area contributed by atoms with Gasteiger partial charge in [0.2, 0.25) is 10.0 Å². The summed E-state index contributed by atoms with van der Waals surface area (Å²) in [5, 5.41) is 3.31. The van der Waals surface area contributed by atoms with E-state index in [0.29, 0.717) is 6.54 Å². The van der Waals surface area contributed by atoms with Crippen LogP contribution in [0.5, 0.6) is 0 Å². The van der Waals surface area contributed by atoms with E-state index in [1.807, 2.05) is 13.8 Å². The smallest absolute Gasteiger partial charge is 0.214 e. The molecule has 1 atom stereocenters. The minimum absolute atomic E-state index is 0.116. The maximum atomic E-state index is 12.4. The number of hydrogen-bond donors (Lipinski definition) is 1. The molecule has 0 aliphatic carbocycles. The van der Waals surface area contributed by atoms with Crippen LogP contribution < -0.4 is 5.32 Å². The Morgan fingerprint density at radius 2 is 1.70 bits per heavy atom. The lowest BCUT2D eigenvalue weighted by Crippen LogP contribution is -2.40. The summed E-state index contributed by atoms with van der Waals surface area (Å²) in [4.78, 5) is 0. The fourth-order valence-corrected chi connectivity index (χ4v) is 4.01. The van der Waals surface area contributed by atoms with Crippen molar-refractivity contribution >= 4 is 10.0 Å². The van der Waals surface area contributed by atoms with E-state index in [2.05, 4.69) is 19.2 Å². The Kier molecular flexibility index (Phi) is 11.4. The quantitative estimate of drug-likeness (QED) is 0.532. The van der Waals surface area contributed by atoms with E-state index < -0.39 is 10.0 Å². The number of nitrogens with one attached hydrogen (secondary N) is 1. The number of rotatable bonds is 13. The fraction of sp³-hybridized carbons (Fsp3) is 1.00. The molecule has 0 radical (unpaired) electrons. The summed E-state index contributed by atoms with van der Waals surface area (Å²) >= 11 is 0. The fourth-order valence-electron chi connectivity index (χ4n) is 2.10. The van der Waals surface area contributed by atoms with Gasteiger partial charge < -0.3 is 5.32 Å². The van der Waals surface area contributed by atoms with Crippen LogP contribution in [0.3, 0.4) is 0 Å². The molecular weight excluding hydrogens is 272 g/mol. The second-order valence-electron chi connectivity index (χ2n) is 5.49. The van der Waals surface area contributed by atoms with Gasteiger partial charge in [0.25, 0.3) is 0 Å². The van der Waals surface area contributed by atoms with Gasteiger partial charge in [-0.3, -0.25) is 0 Å². The van der Waals surface area contributed by atoms with E-state index >= 15 is 0 Å². The Labute approximate surface area is 126 Å². The van der Waals surface area contributed by atoms with Crippen LogP contribution >= 0.6 is 0 Å². The summed E-state index contributed by atoms with van der Waals surface area (Å²) in [7, 11) is -3.09. The van der Waals surface area contributed by atoms with Gasteiger partial charge in [0, 0.05) is 12.6 Å². The average molecular weight is 307 g/mol. The highest BCUT2D eigenvalue weighted by atomic mass is 32.2. The molecule has 5 heteroatoms. The molecule has 0 aliphatic rings. The van der Waals surface area contributed by atoms with E-state index in [1.54, 1.807) is 4.31 Å². The van der Waals surface area contributed by atoms with E-state index in [-0.39, 0.29) is 11.8 Å². The van der Waals surface area contributed by atoms with Gasteiger partial charge in [-0.1, -0.05) is 27.2 Å². The van der Waals surface area contributed by atoms with Crippen LogP contribution in [0.1, 0.15) is 66.2 Å². The average Bonchev–Trinajstić information content (AvgIpc) is 2.42. The predicted molar refractivity (Wildman–Crippen MR) is 87.5 cm³/mol. The van der Waals surface area contributed by atoms with Crippen molar-refractivity contribution in [1.29, 1.82) is 0 Å². The maximum absolute atomic E-state index is 12.4. The summed E-state index contributed by atoms with van der Waals surface area (Å²) < 4.78 is 26.6. The number of nitrogens with zero attached hydrogens (tertiary/aromatic N) is 1. The van der Waals surface area contributed by atoms with Crippen molar-refractivity contribution in [2.75, 3.05) is 25.4 Å². The van der Waals surface area contributed by atoms with E-state index in [1.165, 1.54) is 0 Å². The third-order valence-corrected chi connectivity index (χ3v) is 5.67. The Bertz CT molecular complexity index is 318. The minimum Gasteiger partial charge on any atom is -0.317 e. The van der Waals surface area contributed by atoms with Crippen molar-refractivity contribution in [3.05, 3.63) is 0 Å². The molecule has 0 saturated carbocycles. The van der Waals surface area contributed by atoms with Crippen molar-refractivity contribution in [3.8, 4) is 0 Å². The van der Waals surface area contributed by atoms with Crippen molar-refractivity contribution in [2.24, 2.45) is 0 Å². The second-order valence-corrected chi connectivity index (χ2v) is 7.54. The highest BCUT2D eigenvalue weighted by molar-refractivity contribution is 7.89. The van der Waals surface area contributed by atoms with Crippen molar-refractivity contribution < 1.29 is 8.42 Å². The highest BCUT2D eigenvalue weighted by Crippen LogP contribution is 2.13. The molecule has 0 heterocycles. The van der Waals surface area contributed by atoms with E-state index in [4.69, 9.17) is 0 Å². The van der Waals surface area contributed by atoms with Gasteiger partial charge >= 0.3 is 0 Å². The van der Waals surface area contributed by atoms with Gasteiger partial charge in [0.05, 0.1) is 5.75 Å². The van der Waals surface area contributed by atoms with Gasteiger partial charge in [0.15, 0.2) is 0 Å². The minimum atomic E-state index is -3.09. The normalized spacial score (nSPS) is 13.8. The standard InChI is InChI=1S/C15H34N2O2S/c1-5-8-13-17(15(4)7-3)20(18,19)14-10-9-12-16-11-6-2/h15-16H,5-14H2,1-4H3. The Morgan fingerprint density at radius 1 is 1.00 bits per heavy atom. The van der Waals surface area contributed by atoms with Gasteiger partial charge in [-0.15, -0.1) is 0 Å². The topological polar surface area (TPSA) is 49.4 Å². The molecule has 1 N–H and O–H groups in total. The van der Waals surface area contributed by atoms with Crippen LogP contribution in [-0.2, 0) is 10.0 Å². The summed E-state index contributed by atoms with van der Waals surface area (Å²) in [5.41, 5.74) is 0. The largest absolute Gasteiger partial charge is 0.317 e. The molecule has 0 aromatic carbocycles. The van der Waals surface area contributed by atoms with Crippen LogP contribution in [0.4, 0.5) is 0 Å². The molecule has 0 fully saturated rings. The molecule has 0 saturated heterocycles. The summed E-state index contributed by atoms with van der Waals surface area (Å²) in [6, 6.07) is 0.116. The van der Waals surface area contributed by atoms with E-state index in [9.17, 15) is 8.42 Å². The third kappa shape index (κ3) is 8.22. The molecule has 0 aliphatic heterocycles. The summed E-state index contributed by atoms with van der Waals surface area (Å²) in [6.45, 7) is 10.9. The van der Waals surface area contributed by atoms with Crippen molar-refractivity contribution in [1.82, 2.24) is 9.62 Å². The van der Waals surface area contributed by atoms with Crippen LogP contribution in [0, 0.1) is 0 Å². The molecule has 0 rings (SSSR count). The number of sulfonamides is 1. The highest BCUT2D eigenvalue weighted by Gasteiger charge is 2.25. The number of hydrogen-bond acceptors (Lipinski definition) is 3. The lowest BCUT2D eigenvalue weighted by atomic mass is 10.2. The summed E-state index contributed by atoms with van der Waals surface area (Å²) in [6.07, 6.45) is 5.66. The molecular formula is C15H34N2O2S. The first-order chi connectivity index (χ1) is 9.49. The van der Waals surface area contributed by atoms with Crippen LogP contribution in [0.25, 0.3) is 0 Å². The molecule has 0 aromatic heterocycles. The second kappa shape index (κ2) is 11.5. The van der Waals surface area contributed by atoms with Crippen molar-refractivity contribution in [2.45, 2.75) is 72.3 Å². The lowest BCUT2D eigenvalue weighted by Gasteiger charge is -2.27. The SMILES string of the molecule is CCCCN(C(C)CC)S(=O)(=O)CCCCNCCC. The monoisotopic (exact) mass is 306 g/mol. The molecule has 4 nitrogen and oxygen atoms in total. The zero-order valence-electron chi connectivity index (χ0n) is 13.8. The van der Waals surface area contributed by atoms with E-state index in [0.717, 1.165) is 51.6 Å². The molecule has 0 aromatic rings. The van der Waals surface area contributed by atoms with Crippen LogP contribution in [-0.4, -0.2) is 44.2 Å². The molecule has 122 valence electrons. The Balaban J connectivity index is 4.25. The lowest BCUT2D eigenvalue weighted by molar-refractivity contribution is 0.323. The Morgan fingerprint density at radius 3 is 2.25 bits per heavy atom. The molecule has 0 spiro atoms. The zero-order chi connectivity index (χ0) is 15.4. The van der Waals surface area contributed by atoms with Crippen LogP contribution in [0.15, 0.2) is 0 Å². The van der Waals surface area contributed by atoms with Gasteiger partial charge in [-0.25, -0.2) is 8.42 Å². The Hall–Kier alpha value is -0.130. The van der Waals surface area contributed by atoms with Crippen LogP contribution in [0.2, 0.25) is 0 Å². The first-order valence-electron chi connectivity index (χ1n) is 8.19. The third-order valence-electron chi connectivity index (χ3n) is 3.60. The molecule has 0 amide bonds. The predicted octanol–water partition coefficient (Wildman–Crippen LogP) is 3.00. The molecule has 1 unspecified atom stereocenters. The van der Waals surface area contributed by atoms with Crippen molar-refractivity contribution in [3.63, 3.8) is 0 Å². The van der Waals surface area contributed by atoms with Gasteiger partial charge in [0.1, 0.15) is 0 Å².